The number of aryl methyl sites for hydroxylation is 1. The van der Waals surface area contributed by atoms with Crippen molar-refractivity contribution in [2.75, 3.05) is 7.11 Å². The molecule has 0 fully saturated rings. The third kappa shape index (κ3) is 2.90. The van der Waals surface area contributed by atoms with Crippen molar-refractivity contribution in [3.8, 4) is 5.75 Å². The van der Waals surface area contributed by atoms with Crippen molar-refractivity contribution in [1.29, 1.82) is 0 Å². The lowest BCUT2D eigenvalue weighted by Gasteiger charge is -2.11. The van der Waals surface area contributed by atoms with Crippen LogP contribution in [0.3, 0.4) is 0 Å². The van der Waals surface area contributed by atoms with E-state index in [9.17, 15) is 9.59 Å². The van der Waals surface area contributed by atoms with Crippen molar-refractivity contribution < 1.29 is 9.53 Å². The highest BCUT2D eigenvalue weighted by Gasteiger charge is 2.19. The smallest absolute Gasteiger partial charge is 0.254 e. The van der Waals surface area contributed by atoms with Crippen molar-refractivity contribution in [1.82, 2.24) is 9.88 Å². The number of aromatic nitrogens is 1. The Labute approximate surface area is 134 Å². The molecular weight excluding hydrogens is 292 g/mol. The van der Waals surface area contributed by atoms with Crippen LogP contribution in [0.25, 0.3) is 6.08 Å². The van der Waals surface area contributed by atoms with Crippen LogP contribution < -0.4 is 15.6 Å². The van der Waals surface area contributed by atoms with Gasteiger partial charge in [0.15, 0.2) is 0 Å². The molecule has 1 N–H and O–H groups in total. The standard InChI is InChI=1S/C18H18N2O3/c1-20-11-16(14-4-3-5-15(14)18(20)22)17(21)19-10-12-6-8-13(23-2)9-7-12/h3-4,6-9,11H,5,10H2,1-2H3,(H,19,21). The zero-order valence-corrected chi connectivity index (χ0v) is 13.1. The summed E-state index contributed by atoms with van der Waals surface area (Å²) in [5.41, 5.74) is 2.89. The third-order valence-electron chi connectivity index (χ3n) is 3.98. The van der Waals surface area contributed by atoms with Gasteiger partial charge in [-0.15, -0.1) is 0 Å². The Bertz CT molecular complexity index is 833. The van der Waals surface area contributed by atoms with Crippen molar-refractivity contribution in [2.45, 2.75) is 13.0 Å². The number of fused-ring (bicyclic) bond motifs is 1. The fourth-order valence-corrected chi connectivity index (χ4v) is 2.70. The second-order valence-electron chi connectivity index (χ2n) is 5.49. The number of carbonyl (C=O) groups is 1. The minimum atomic E-state index is -0.181. The number of rotatable bonds is 4. The summed E-state index contributed by atoms with van der Waals surface area (Å²) >= 11 is 0. The molecule has 118 valence electrons. The Morgan fingerprint density at radius 3 is 2.74 bits per heavy atom. The number of allylic oxidation sites excluding steroid dienone is 1. The average Bonchev–Trinajstić information content (AvgIpc) is 3.06. The number of hydrogen-bond donors (Lipinski definition) is 1. The maximum atomic E-state index is 12.5. The summed E-state index contributed by atoms with van der Waals surface area (Å²) in [5, 5.41) is 2.90. The van der Waals surface area contributed by atoms with Crippen LogP contribution >= 0.6 is 0 Å². The number of carbonyl (C=O) groups excluding carboxylic acids is 1. The number of amides is 1. The van der Waals surface area contributed by atoms with E-state index in [4.69, 9.17) is 4.74 Å². The molecule has 1 amide bonds. The monoisotopic (exact) mass is 310 g/mol. The van der Waals surface area contributed by atoms with Gasteiger partial charge in [0.2, 0.25) is 0 Å². The lowest BCUT2D eigenvalue weighted by atomic mass is 10.1. The zero-order chi connectivity index (χ0) is 16.4. The lowest BCUT2D eigenvalue weighted by Crippen LogP contribution is -2.28. The molecule has 5 heteroatoms. The SMILES string of the molecule is COc1ccc(CNC(=O)c2cn(C)c(=O)c3c2C=CC3)cc1. The predicted molar refractivity (Wildman–Crippen MR) is 88.6 cm³/mol. The van der Waals surface area contributed by atoms with Crippen molar-refractivity contribution >= 4 is 12.0 Å². The van der Waals surface area contributed by atoms with E-state index in [1.165, 1.54) is 4.57 Å². The molecule has 1 heterocycles. The molecule has 5 nitrogen and oxygen atoms in total. The largest absolute Gasteiger partial charge is 0.497 e. The number of nitrogens with zero attached hydrogens (tertiary/aromatic N) is 1. The third-order valence-corrected chi connectivity index (χ3v) is 3.98. The summed E-state index contributed by atoms with van der Waals surface area (Å²) in [6, 6.07) is 7.52. The second-order valence-corrected chi connectivity index (χ2v) is 5.49. The summed E-state index contributed by atoms with van der Waals surface area (Å²) in [4.78, 5) is 24.5. The number of methoxy groups -OCH3 is 1. The molecule has 0 aliphatic heterocycles. The Kier molecular flexibility index (Phi) is 4.02. The van der Waals surface area contributed by atoms with Crippen LogP contribution in [-0.4, -0.2) is 17.6 Å². The first kappa shape index (κ1) is 15.1. The fourth-order valence-electron chi connectivity index (χ4n) is 2.70. The van der Waals surface area contributed by atoms with Gasteiger partial charge in [-0.1, -0.05) is 24.3 Å². The van der Waals surface area contributed by atoms with Gasteiger partial charge < -0.3 is 14.6 Å². The number of nitrogens with one attached hydrogen (secondary N) is 1. The lowest BCUT2D eigenvalue weighted by molar-refractivity contribution is 0.0950. The highest BCUT2D eigenvalue weighted by Crippen LogP contribution is 2.20. The van der Waals surface area contributed by atoms with E-state index in [0.717, 1.165) is 16.9 Å². The summed E-state index contributed by atoms with van der Waals surface area (Å²) < 4.78 is 6.58. The fraction of sp³-hybridized carbons (Fsp3) is 0.222. The van der Waals surface area contributed by atoms with Crippen molar-refractivity contribution in [3.63, 3.8) is 0 Å². The van der Waals surface area contributed by atoms with E-state index < -0.39 is 0 Å². The molecule has 1 aliphatic rings. The molecule has 0 atom stereocenters. The van der Waals surface area contributed by atoms with E-state index in [0.29, 0.717) is 24.1 Å². The summed E-state index contributed by atoms with van der Waals surface area (Å²) in [6.45, 7) is 0.421. The normalized spacial score (nSPS) is 12.1. The van der Waals surface area contributed by atoms with Gasteiger partial charge in [-0.05, 0) is 29.7 Å². The molecule has 1 aliphatic carbocycles. The Morgan fingerprint density at radius 2 is 2.04 bits per heavy atom. The van der Waals surface area contributed by atoms with Crippen LogP contribution in [0.2, 0.25) is 0 Å². The van der Waals surface area contributed by atoms with Crippen molar-refractivity contribution in [2.24, 2.45) is 7.05 Å². The van der Waals surface area contributed by atoms with Crippen LogP contribution in [-0.2, 0) is 20.0 Å². The molecule has 0 spiro atoms. The first-order valence-corrected chi connectivity index (χ1v) is 7.40. The van der Waals surface area contributed by atoms with Crippen LogP contribution in [0.4, 0.5) is 0 Å². The van der Waals surface area contributed by atoms with Gasteiger partial charge in [0.05, 0.1) is 12.7 Å². The van der Waals surface area contributed by atoms with Gasteiger partial charge >= 0.3 is 0 Å². The molecular formula is C18H18N2O3. The van der Waals surface area contributed by atoms with Gasteiger partial charge in [-0.3, -0.25) is 9.59 Å². The first-order valence-electron chi connectivity index (χ1n) is 7.40. The summed E-state index contributed by atoms with van der Waals surface area (Å²) in [5.74, 6) is 0.598. The van der Waals surface area contributed by atoms with Crippen LogP contribution in [0.5, 0.6) is 5.75 Å². The van der Waals surface area contributed by atoms with Gasteiger partial charge in [0.25, 0.3) is 11.5 Å². The van der Waals surface area contributed by atoms with Gasteiger partial charge in [-0.25, -0.2) is 0 Å². The number of hydrogen-bond acceptors (Lipinski definition) is 3. The quantitative estimate of drug-likeness (QED) is 0.938. The highest BCUT2D eigenvalue weighted by atomic mass is 16.5. The maximum Gasteiger partial charge on any atom is 0.254 e. The van der Waals surface area contributed by atoms with E-state index in [1.807, 2.05) is 36.4 Å². The molecule has 0 radical (unpaired) electrons. The van der Waals surface area contributed by atoms with Crippen LogP contribution in [0, 0.1) is 0 Å². The molecule has 0 bridgehead atoms. The first-order chi connectivity index (χ1) is 11.1. The molecule has 0 saturated carbocycles. The van der Waals surface area contributed by atoms with E-state index in [2.05, 4.69) is 5.32 Å². The molecule has 1 aromatic carbocycles. The minimum Gasteiger partial charge on any atom is -0.497 e. The molecule has 3 rings (SSSR count). The summed E-state index contributed by atoms with van der Waals surface area (Å²) in [6.07, 6.45) is 5.94. The molecule has 2 aromatic rings. The topological polar surface area (TPSA) is 60.3 Å². The second kappa shape index (κ2) is 6.12. The number of pyridine rings is 1. The van der Waals surface area contributed by atoms with Crippen LogP contribution in [0.1, 0.15) is 27.0 Å². The van der Waals surface area contributed by atoms with Crippen molar-refractivity contribution in [3.05, 3.63) is 69.1 Å². The molecule has 0 saturated heterocycles. The van der Waals surface area contributed by atoms with Crippen LogP contribution in [0.15, 0.2) is 41.3 Å². The molecule has 23 heavy (non-hydrogen) atoms. The predicted octanol–water partition coefficient (Wildman–Crippen LogP) is 1.89. The molecule has 1 aromatic heterocycles. The number of ether oxygens (including phenoxy) is 1. The number of benzene rings is 1. The minimum absolute atomic E-state index is 0.0447. The zero-order valence-electron chi connectivity index (χ0n) is 13.1. The Hall–Kier alpha value is -2.82. The van der Waals surface area contributed by atoms with E-state index in [1.54, 1.807) is 20.4 Å². The summed E-state index contributed by atoms with van der Waals surface area (Å²) in [7, 11) is 3.28. The Morgan fingerprint density at radius 1 is 1.30 bits per heavy atom. The highest BCUT2D eigenvalue weighted by molar-refractivity contribution is 5.98. The molecule has 0 unspecified atom stereocenters. The van der Waals surface area contributed by atoms with E-state index in [-0.39, 0.29) is 11.5 Å². The van der Waals surface area contributed by atoms with Gasteiger partial charge in [-0.2, -0.15) is 0 Å². The average molecular weight is 310 g/mol. The Balaban J connectivity index is 1.79. The van der Waals surface area contributed by atoms with Gasteiger partial charge in [0, 0.05) is 25.4 Å². The van der Waals surface area contributed by atoms with E-state index >= 15 is 0 Å². The maximum absolute atomic E-state index is 12.5. The van der Waals surface area contributed by atoms with Gasteiger partial charge in [0.1, 0.15) is 5.75 Å².